The van der Waals surface area contributed by atoms with Crippen LogP contribution in [0.1, 0.15) is 50.9 Å². The first-order chi connectivity index (χ1) is 9.69. The molecule has 0 spiro atoms. The van der Waals surface area contributed by atoms with Crippen molar-refractivity contribution in [3.8, 4) is 0 Å². The summed E-state index contributed by atoms with van der Waals surface area (Å²) in [6, 6.07) is 9.57. The molecule has 0 saturated heterocycles. The zero-order valence-corrected chi connectivity index (χ0v) is 13.4. The molecule has 1 aromatic heterocycles. The first-order valence-corrected chi connectivity index (χ1v) is 8.36. The number of hydrogen-bond donors (Lipinski definition) is 1. The lowest BCUT2D eigenvalue weighted by Crippen LogP contribution is -2.17. The van der Waals surface area contributed by atoms with Crippen molar-refractivity contribution in [2.45, 2.75) is 45.6 Å². The van der Waals surface area contributed by atoms with Crippen LogP contribution < -0.4 is 5.32 Å². The van der Waals surface area contributed by atoms with Gasteiger partial charge in [-0.3, -0.25) is 0 Å². The topological polar surface area (TPSA) is 12.0 Å². The van der Waals surface area contributed by atoms with Gasteiger partial charge >= 0.3 is 0 Å². The standard InChI is InChI=1S/C18H23NS/c1-12-8-9-15(13(2)10-12)18(19-3)17-11-14-6-4-5-7-16(14)20-17/h8-11,18-19H,4-7H2,1-3H3. The van der Waals surface area contributed by atoms with Crippen molar-refractivity contribution >= 4 is 11.3 Å². The van der Waals surface area contributed by atoms with Crippen LogP contribution in [0.25, 0.3) is 0 Å². The Bertz CT molecular complexity index is 588. The number of benzene rings is 1. The van der Waals surface area contributed by atoms with Crippen molar-refractivity contribution in [3.63, 3.8) is 0 Å². The fourth-order valence-corrected chi connectivity index (χ4v) is 4.64. The second-order valence-corrected chi connectivity index (χ2v) is 7.05. The average molecular weight is 285 g/mol. The zero-order chi connectivity index (χ0) is 14.1. The van der Waals surface area contributed by atoms with Crippen molar-refractivity contribution in [2.75, 3.05) is 7.05 Å². The minimum atomic E-state index is 0.339. The summed E-state index contributed by atoms with van der Waals surface area (Å²) in [4.78, 5) is 3.10. The highest BCUT2D eigenvalue weighted by Crippen LogP contribution is 2.36. The van der Waals surface area contributed by atoms with E-state index >= 15 is 0 Å². The van der Waals surface area contributed by atoms with E-state index in [1.54, 1.807) is 10.4 Å². The molecule has 1 N–H and O–H groups in total. The Morgan fingerprint density at radius 1 is 1.10 bits per heavy atom. The summed E-state index contributed by atoms with van der Waals surface area (Å²) in [5.41, 5.74) is 5.74. The zero-order valence-electron chi connectivity index (χ0n) is 12.6. The van der Waals surface area contributed by atoms with E-state index in [1.165, 1.54) is 47.3 Å². The summed E-state index contributed by atoms with van der Waals surface area (Å²) in [5.74, 6) is 0. The van der Waals surface area contributed by atoms with E-state index in [2.05, 4.69) is 50.5 Å². The lowest BCUT2D eigenvalue weighted by atomic mass is 9.95. The molecule has 0 saturated carbocycles. The second-order valence-electron chi connectivity index (χ2n) is 5.89. The number of aryl methyl sites for hydroxylation is 4. The summed E-state index contributed by atoms with van der Waals surface area (Å²) in [7, 11) is 2.07. The quantitative estimate of drug-likeness (QED) is 0.872. The van der Waals surface area contributed by atoms with Crippen LogP contribution in [0.15, 0.2) is 24.3 Å². The number of hydrogen-bond acceptors (Lipinski definition) is 2. The lowest BCUT2D eigenvalue weighted by molar-refractivity contribution is 0.689. The Kier molecular flexibility index (Phi) is 3.95. The highest BCUT2D eigenvalue weighted by atomic mass is 32.1. The molecule has 0 amide bonds. The predicted molar refractivity (Wildman–Crippen MR) is 87.8 cm³/mol. The molecule has 1 aromatic carbocycles. The monoisotopic (exact) mass is 285 g/mol. The fourth-order valence-electron chi connectivity index (χ4n) is 3.26. The highest BCUT2D eigenvalue weighted by Gasteiger charge is 2.20. The molecule has 1 nitrogen and oxygen atoms in total. The summed E-state index contributed by atoms with van der Waals surface area (Å²) < 4.78 is 0. The molecule has 0 radical (unpaired) electrons. The fraction of sp³-hybridized carbons (Fsp3) is 0.444. The first kappa shape index (κ1) is 13.8. The van der Waals surface area contributed by atoms with Crippen molar-refractivity contribution in [3.05, 3.63) is 56.3 Å². The van der Waals surface area contributed by atoms with Crippen LogP contribution in [0, 0.1) is 13.8 Å². The molecule has 20 heavy (non-hydrogen) atoms. The van der Waals surface area contributed by atoms with Crippen molar-refractivity contribution in [2.24, 2.45) is 0 Å². The van der Waals surface area contributed by atoms with Gasteiger partial charge in [-0.1, -0.05) is 23.8 Å². The smallest absolute Gasteiger partial charge is 0.0671 e. The highest BCUT2D eigenvalue weighted by molar-refractivity contribution is 7.12. The van der Waals surface area contributed by atoms with Gasteiger partial charge < -0.3 is 5.32 Å². The summed E-state index contributed by atoms with van der Waals surface area (Å²) in [6.07, 6.45) is 5.27. The maximum Gasteiger partial charge on any atom is 0.0671 e. The van der Waals surface area contributed by atoms with Gasteiger partial charge in [-0.25, -0.2) is 0 Å². The van der Waals surface area contributed by atoms with E-state index in [0.717, 1.165) is 0 Å². The molecule has 0 fully saturated rings. The molecule has 0 bridgehead atoms. The van der Waals surface area contributed by atoms with Crippen LogP contribution in [0.4, 0.5) is 0 Å². The lowest BCUT2D eigenvalue weighted by Gasteiger charge is -2.18. The van der Waals surface area contributed by atoms with Gasteiger partial charge in [0.2, 0.25) is 0 Å². The molecule has 0 aliphatic heterocycles. The molecule has 1 aliphatic rings. The number of nitrogens with one attached hydrogen (secondary N) is 1. The summed E-state index contributed by atoms with van der Waals surface area (Å²) >= 11 is 2.01. The minimum absolute atomic E-state index is 0.339. The largest absolute Gasteiger partial charge is 0.309 e. The maximum absolute atomic E-state index is 3.51. The number of fused-ring (bicyclic) bond motifs is 1. The van der Waals surface area contributed by atoms with E-state index in [0.29, 0.717) is 6.04 Å². The SMILES string of the molecule is CNC(c1cc2c(s1)CCCC2)c1ccc(C)cc1C. The summed E-state index contributed by atoms with van der Waals surface area (Å²) in [6.45, 7) is 4.38. The third-order valence-electron chi connectivity index (χ3n) is 4.33. The molecule has 1 atom stereocenters. The van der Waals surface area contributed by atoms with Crippen molar-refractivity contribution < 1.29 is 0 Å². The van der Waals surface area contributed by atoms with Crippen LogP contribution in [0.3, 0.4) is 0 Å². The third-order valence-corrected chi connectivity index (χ3v) is 5.63. The Hall–Kier alpha value is -1.12. The van der Waals surface area contributed by atoms with Gasteiger partial charge in [-0.2, -0.15) is 0 Å². The van der Waals surface area contributed by atoms with Gasteiger partial charge in [0, 0.05) is 9.75 Å². The van der Waals surface area contributed by atoms with Gasteiger partial charge in [0.05, 0.1) is 6.04 Å². The Morgan fingerprint density at radius 2 is 1.90 bits per heavy atom. The van der Waals surface area contributed by atoms with E-state index in [-0.39, 0.29) is 0 Å². The first-order valence-electron chi connectivity index (χ1n) is 7.55. The van der Waals surface area contributed by atoms with Crippen molar-refractivity contribution in [1.82, 2.24) is 5.32 Å². The minimum Gasteiger partial charge on any atom is -0.309 e. The maximum atomic E-state index is 3.51. The molecule has 2 heteroatoms. The number of thiophene rings is 1. The van der Waals surface area contributed by atoms with Gasteiger partial charge in [0.1, 0.15) is 0 Å². The third kappa shape index (κ3) is 2.55. The van der Waals surface area contributed by atoms with Crippen LogP contribution in [-0.2, 0) is 12.8 Å². The van der Waals surface area contributed by atoms with Crippen LogP contribution in [0.5, 0.6) is 0 Å². The van der Waals surface area contributed by atoms with E-state index in [1.807, 2.05) is 11.3 Å². The molecular formula is C18H23NS. The summed E-state index contributed by atoms with van der Waals surface area (Å²) in [5, 5.41) is 3.51. The van der Waals surface area contributed by atoms with Gasteiger partial charge in [-0.15, -0.1) is 11.3 Å². The second kappa shape index (κ2) is 5.71. The molecule has 1 aliphatic carbocycles. The molecule has 1 unspecified atom stereocenters. The molecular weight excluding hydrogens is 262 g/mol. The molecule has 2 aromatic rings. The van der Waals surface area contributed by atoms with E-state index < -0.39 is 0 Å². The molecule has 106 valence electrons. The van der Waals surface area contributed by atoms with Crippen LogP contribution >= 0.6 is 11.3 Å². The average Bonchev–Trinajstić information content (AvgIpc) is 2.85. The van der Waals surface area contributed by atoms with Crippen LogP contribution in [0.2, 0.25) is 0 Å². The normalized spacial score (nSPS) is 15.9. The van der Waals surface area contributed by atoms with Crippen molar-refractivity contribution in [1.29, 1.82) is 0 Å². The van der Waals surface area contributed by atoms with E-state index in [4.69, 9.17) is 0 Å². The van der Waals surface area contributed by atoms with Crippen LogP contribution in [-0.4, -0.2) is 7.05 Å². The molecule has 3 rings (SSSR count). The predicted octanol–water partition coefficient (Wildman–Crippen LogP) is 4.55. The van der Waals surface area contributed by atoms with E-state index in [9.17, 15) is 0 Å². The van der Waals surface area contributed by atoms with Gasteiger partial charge in [0.15, 0.2) is 0 Å². The van der Waals surface area contributed by atoms with Gasteiger partial charge in [-0.05, 0) is 69.3 Å². The van der Waals surface area contributed by atoms with Gasteiger partial charge in [0.25, 0.3) is 0 Å². The Balaban J connectivity index is 1.98. The number of rotatable bonds is 3. The Labute approximate surface area is 126 Å². The molecule has 1 heterocycles. The Morgan fingerprint density at radius 3 is 2.60 bits per heavy atom.